The topological polar surface area (TPSA) is 45.1 Å². The van der Waals surface area contributed by atoms with Gasteiger partial charge in [-0.3, -0.25) is 0 Å². The molecule has 0 fully saturated rings. The Kier molecular flexibility index (Phi) is 3.65. The summed E-state index contributed by atoms with van der Waals surface area (Å²) in [5, 5.41) is 21.9. The molecular weight excluding hydrogens is 368 g/mol. The van der Waals surface area contributed by atoms with E-state index >= 15 is 0 Å². The van der Waals surface area contributed by atoms with Crippen molar-refractivity contribution in [3.05, 3.63) is 81.0 Å². The van der Waals surface area contributed by atoms with Crippen LogP contribution in [-0.4, -0.2) is 15.8 Å². The van der Waals surface area contributed by atoms with Crippen molar-refractivity contribution in [2.24, 2.45) is 5.10 Å². The first-order chi connectivity index (χ1) is 12.7. The fourth-order valence-corrected chi connectivity index (χ4v) is 4.42. The van der Waals surface area contributed by atoms with E-state index in [1.165, 1.54) is 0 Å². The number of halogens is 1. The summed E-state index contributed by atoms with van der Waals surface area (Å²) in [6.07, 6.45) is 0.401. The van der Waals surface area contributed by atoms with Gasteiger partial charge < -0.3 is 9.84 Å². The standard InChI is InChI=1S/C20H15ClN2O2S/c21-13-5-6-19-15(9-13)17-10-16(14-3-1-2-4-18(14)24)22-23(17)20(25-19)12-7-8-26-11-12/h1-9,11,17,20,24H,10H2/t17-,20+/m0/s1. The summed E-state index contributed by atoms with van der Waals surface area (Å²) < 4.78 is 6.26. The van der Waals surface area contributed by atoms with Gasteiger partial charge in [0.25, 0.3) is 0 Å². The number of aromatic hydroxyl groups is 1. The van der Waals surface area contributed by atoms with E-state index in [1.807, 2.05) is 46.8 Å². The van der Waals surface area contributed by atoms with E-state index in [1.54, 1.807) is 17.4 Å². The molecule has 0 saturated carbocycles. The van der Waals surface area contributed by atoms with Gasteiger partial charge in [0.1, 0.15) is 11.5 Å². The van der Waals surface area contributed by atoms with Crippen molar-refractivity contribution in [1.29, 1.82) is 0 Å². The minimum atomic E-state index is -0.289. The molecular formula is C20H15ClN2O2S. The molecule has 1 N–H and O–H groups in total. The van der Waals surface area contributed by atoms with Gasteiger partial charge in [0.05, 0.1) is 11.8 Å². The highest BCUT2D eigenvalue weighted by Gasteiger charge is 2.41. The third-order valence-electron chi connectivity index (χ3n) is 4.80. The fraction of sp³-hybridized carbons (Fsp3) is 0.150. The van der Waals surface area contributed by atoms with Crippen molar-refractivity contribution in [3.8, 4) is 11.5 Å². The highest BCUT2D eigenvalue weighted by atomic mass is 35.5. The van der Waals surface area contributed by atoms with Crippen molar-refractivity contribution in [2.75, 3.05) is 0 Å². The van der Waals surface area contributed by atoms with E-state index in [2.05, 4.69) is 11.4 Å². The van der Waals surface area contributed by atoms with Gasteiger partial charge in [-0.25, -0.2) is 5.01 Å². The number of rotatable bonds is 2. The molecule has 2 aromatic carbocycles. The van der Waals surface area contributed by atoms with E-state index in [0.717, 1.165) is 28.2 Å². The first kappa shape index (κ1) is 15.7. The van der Waals surface area contributed by atoms with Gasteiger partial charge in [0.15, 0.2) is 0 Å². The van der Waals surface area contributed by atoms with Gasteiger partial charge in [-0.2, -0.15) is 16.4 Å². The number of hydrogen-bond acceptors (Lipinski definition) is 5. The quantitative estimate of drug-likeness (QED) is 0.649. The highest BCUT2D eigenvalue weighted by molar-refractivity contribution is 7.07. The lowest BCUT2D eigenvalue weighted by Gasteiger charge is -2.37. The van der Waals surface area contributed by atoms with Crippen LogP contribution in [-0.2, 0) is 0 Å². The first-order valence-electron chi connectivity index (χ1n) is 8.33. The predicted octanol–water partition coefficient (Wildman–Crippen LogP) is 5.35. The number of phenolic OH excluding ortho intramolecular Hbond substituents is 1. The Balaban J connectivity index is 1.62. The maximum atomic E-state index is 10.2. The van der Waals surface area contributed by atoms with Crippen molar-refractivity contribution < 1.29 is 9.84 Å². The average Bonchev–Trinajstić information content (AvgIpc) is 3.32. The normalized spacial score (nSPS) is 21.0. The zero-order chi connectivity index (χ0) is 17.7. The molecule has 6 heteroatoms. The molecule has 3 aromatic rings. The lowest BCUT2D eigenvalue weighted by molar-refractivity contribution is -0.0187. The largest absolute Gasteiger partial charge is 0.507 e. The van der Waals surface area contributed by atoms with Crippen molar-refractivity contribution in [2.45, 2.75) is 18.7 Å². The van der Waals surface area contributed by atoms with Crippen LogP contribution in [0.5, 0.6) is 11.5 Å². The summed E-state index contributed by atoms with van der Waals surface area (Å²) >= 11 is 7.87. The molecule has 2 aliphatic heterocycles. The van der Waals surface area contributed by atoms with Gasteiger partial charge in [0, 0.05) is 28.1 Å². The number of ether oxygens (including phenoxy) is 1. The molecule has 0 radical (unpaired) electrons. The van der Waals surface area contributed by atoms with Crippen LogP contribution in [0, 0.1) is 0 Å². The van der Waals surface area contributed by atoms with Crippen molar-refractivity contribution in [3.63, 3.8) is 0 Å². The molecule has 3 heterocycles. The third kappa shape index (κ3) is 2.47. The zero-order valence-corrected chi connectivity index (χ0v) is 15.2. The summed E-state index contributed by atoms with van der Waals surface area (Å²) in [5.74, 6) is 1.07. The molecule has 26 heavy (non-hydrogen) atoms. The predicted molar refractivity (Wildman–Crippen MR) is 103 cm³/mol. The lowest BCUT2D eigenvalue weighted by atomic mass is 9.96. The summed E-state index contributed by atoms with van der Waals surface area (Å²) in [4.78, 5) is 0. The summed E-state index contributed by atoms with van der Waals surface area (Å²) in [6.45, 7) is 0. The minimum Gasteiger partial charge on any atom is -0.507 e. The van der Waals surface area contributed by atoms with Crippen LogP contribution >= 0.6 is 22.9 Å². The summed E-state index contributed by atoms with van der Waals surface area (Å²) in [5.41, 5.74) is 3.71. The number of fused-ring (bicyclic) bond motifs is 3. The fourth-order valence-electron chi connectivity index (χ4n) is 3.57. The Morgan fingerprint density at radius 2 is 2.08 bits per heavy atom. The molecule has 4 nitrogen and oxygen atoms in total. The van der Waals surface area contributed by atoms with Crippen LogP contribution in [0.3, 0.4) is 0 Å². The van der Waals surface area contributed by atoms with Crippen LogP contribution in [0.2, 0.25) is 5.02 Å². The lowest BCUT2D eigenvalue weighted by Crippen LogP contribution is -2.33. The SMILES string of the molecule is Oc1ccccc1C1=NN2[C@@H](c3ccsc3)Oc3ccc(Cl)cc3[C@@H]2C1. The molecule has 0 amide bonds. The second-order valence-corrected chi connectivity index (χ2v) is 7.59. The Morgan fingerprint density at radius 3 is 2.88 bits per heavy atom. The summed E-state index contributed by atoms with van der Waals surface area (Å²) in [6, 6.07) is 15.1. The van der Waals surface area contributed by atoms with Crippen LogP contribution in [0.25, 0.3) is 0 Å². The summed E-state index contributed by atoms with van der Waals surface area (Å²) in [7, 11) is 0. The van der Waals surface area contributed by atoms with Crippen molar-refractivity contribution in [1.82, 2.24) is 5.01 Å². The highest BCUT2D eigenvalue weighted by Crippen LogP contribution is 2.48. The van der Waals surface area contributed by atoms with Gasteiger partial charge in [-0.15, -0.1) is 0 Å². The number of phenols is 1. The molecule has 0 bridgehead atoms. The van der Waals surface area contributed by atoms with E-state index in [-0.39, 0.29) is 18.0 Å². The zero-order valence-electron chi connectivity index (χ0n) is 13.7. The molecule has 5 rings (SSSR count). The number of para-hydroxylation sites is 1. The van der Waals surface area contributed by atoms with E-state index < -0.39 is 0 Å². The number of hydrazone groups is 1. The van der Waals surface area contributed by atoms with Crippen molar-refractivity contribution >= 4 is 28.6 Å². The third-order valence-corrected chi connectivity index (χ3v) is 5.73. The maximum Gasteiger partial charge on any atom is 0.214 e. The number of thiophene rings is 1. The van der Waals surface area contributed by atoms with E-state index in [9.17, 15) is 5.11 Å². The van der Waals surface area contributed by atoms with Crippen LogP contribution in [0.4, 0.5) is 0 Å². The number of hydrogen-bond donors (Lipinski definition) is 1. The Labute approximate surface area is 159 Å². The monoisotopic (exact) mass is 382 g/mol. The Bertz CT molecular complexity index is 1000. The van der Waals surface area contributed by atoms with Gasteiger partial charge in [0.2, 0.25) is 6.23 Å². The van der Waals surface area contributed by atoms with Crippen LogP contribution in [0.1, 0.15) is 35.4 Å². The maximum absolute atomic E-state index is 10.2. The molecule has 0 aliphatic carbocycles. The van der Waals surface area contributed by atoms with Gasteiger partial charge >= 0.3 is 0 Å². The molecule has 0 saturated heterocycles. The van der Waals surface area contributed by atoms with E-state index in [4.69, 9.17) is 21.4 Å². The van der Waals surface area contributed by atoms with Gasteiger partial charge in [-0.1, -0.05) is 23.7 Å². The molecule has 1 aromatic heterocycles. The molecule has 2 aliphatic rings. The Hall–Kier alpha value is -2.50. The Morgan fingerprint density at radius 1 is 1.19 bits per heavy atom. The molecule has 0 spiro atoms. The molecule has 0 unspecified atom stereocenters. The van der Waals surface area contributed by atoms with Crippen LogP contribution < -0.4 is 4.74 Å². The molecule has 2 atom stereocenters. The molecule has 130 valence electrons. The minimum absolute atomic E-state index is 0.0250. The van der Waals surface area contributed by atoms with E-state index in [0.29, 0.717) is 11.4 Å². The second-order valence-electron chi connectivity index (χ2n) is 6.37. The average molecular weight is 383 g/mol. The smallest absolute Gasteiger partial charge is 0.214 e. The number of benzene rings is 2. The van der Waals surface area contributed by atoms with Gasteiger partial charge in [-0.05, 0) is 47.2 Å². The van der Waals surface area contributed by atoms with Crippen LogP contribution in [0.15, 0.2) is 64.4 Å². The first-order valence-corrected chi connectivity index (χ1v) is 9.65. The second kappa shape index (κ2) is 6.04. The number of nitrogens with zero attached hydrogens (tertiary/aromatic N) is 2.